The number of nitrogens with one attached hydrogen (secondary N) is 1. The van der Waals surface area contributed by atoms with Gasteiger partial charge in [0.25, 0.3) is 0 Å². The van der Waals surface area contributed by atoms with Crippen LogP contribution in [-0.4, -0.2) is 19.3 Å². The normalized spacial score (nSPS) is 20.7. The van der Waals surface area contributed by atoms with Crippen molar-refractivity contribution in [1.29, 1.82) is 0 Å². The van der Waals surface area contributed by atoms with Crippen LogP contribution in [0.2, 0.25) is 5.02 Å². The van der Waals surface area contributed by atoms with Crippen LogP contribution in [0.25, 0.3) is 0 Å². The third-order valence-corrected chi connectivity index (χ3v) is 4.54. The predicted molar refractivity (Wildman–Crippen MR) is 83.8 cm³/mol. The van der Waals surface area contributed by atoms with Gasteiger partial charge in [0.05, 0.1) is 6.10 Å². The summed E-state index contributed by atoms with van der Waals surface area (Å²) in [5.74, 6) is 0. The van der Waals surface area contributed by atoms with Crippen LogP contribution in [0.1, 0.15) is 44.2 Å². The summed E-state index contributed by atoms with van der Waals surface area (Å²) in [7, 11) is 0. The van der Waals surface area contributed by atoms with Gasteiger partial charge in [-0.3, -0.25) is 0 Å². The minimum atomic E-state index is 0.335. The lowest BCUT2D eigenvalue weighted by atomic mass is 9.99. The van der Waals surface area contributed by atoms with E-state index in [4.69, 9.17) is 16.3 Å². The van der Waals surface area contributed by atoms with E-state index in [1.54, 1.807) is 0 Å². The minimum Gasteiger partial charge on any atom is -0.378 e. The summed E-state index contributed by atoms with van der Waals surface area (Å²) in [4.78, 5) is 0. The van der Waals surface area contributed by atoms with Gasteiger partial charge in [-0.25, -0.2) is 0 Å². The van der Waals surface area contributed by atoms with Crippen molar-refractivity contribution in [1.82, 2.24) is 5.32 Å². The maximum atomic E-state index is 6.12. The highest BCUT2D eigenvalue weighted by Crippen LogP contribution is 2.31. The lowest BCUT2D eigenvalue weighted by Gasteiger charge is -2.21. The number of ether oxygens (including phenoxy) is 1. The molecule has 0 saturated carbocycles. The molecule has 1 heterocycles. The minimum absolute atomic E-state index is 0.335. The van der Waals surface area contributed by atoms with Crippen molar-refractivity contribution in [3.8, 4) is 0 Å². The molecule has 4 heteroatoms. The third-order valence-electron chi connectivity index (χ3n) is 3.59. The number of rotatable bonds is 6. The molecule has 19 heavy (non-hydrogen) atoms. The Bertz CT molecular complexity index is 407. The molecule has 2 atom stereocenters. The van der Waals surface area contributed by atoms with Gasteiger partial charge in [0.15, 0.2) is 0 Å². The first-order chi connectivity index (χ1) is 9.20. The lowest BCUT2D eigenvalue weighted by Crippen LogP contribution is -2.22. The van der Waals surface area contributed by atoms with Crippen LogP contribution in [0, 0.1) is 0 Å². The van der Waals surface area contributed by atoms with Gasteiger partial charge >= 0.3 is 0 Å². The highest BCUT2D eigenvalue weighted by Gasteiger charge is 2.19. The number of benzene rings is 1. The fourth-order valence-corrected chi connectivity index (χ4v) is 3.32. The van der Waals surface area contributed by atoms with Gasteiger partial charge in [0.2, 0.25) is 0 Å². The molecular formula is C15H21BrClNO. The van der Waals surface area contributed by atoms with Gasteiger partial charge in [-0.05, 0) is 56.0 Å². The van der Waals surface area contributed by atoms with Crippen molar-refractivity contribution >= 4 is 27.5 Å². The fraction of sp³-hybridized carbons (Fsp3) is 0.600. The first-order valence-electron chi connectivity index (χ1n) is 7.00. The second kappa shape index (κ2) is 7.63. The highest BCUT2D eigenvalue weighted by atomic mass is 79.9. The first kappa shape index (κ1) is 15.3. The van der Waals surface area contributed by atoms with E-state index in [0.717, 1.165) is 35.5 Å². The van der Waals surface area contributed by atoms with Crippen molar-refractivity contribution < 1.29 is 4.74 Å². The Kier molecular flexibility index (Phi) is 6.14. The summed E-state index contributed by atoms with van der Waals surface area (Å²) < 4.78 is 6.83. The fourth-order valence-electron chi connectivity index (χ4n) is 2.62. The molecule has 1 aromatic rings. The summed E-state index contributed by atoms with van der Waals surface area (Å²) in [6.07, 6.45) is 5.04. The number of hydrogen-bond donors (Lipinski definition) is 1. The van der Waals surface area contributed by atoms with E-state index in [-0.39, 0.29) is 0 Å². The molecule has 2 unspecified atom stereocenters. The molecule has 0 aromatic heterocycles. The van der Waals surface area contributed by atoms with Crippen molar-refractivity contribution in [2.75, 3.05) is 13.2 Å². The van der Waals surface area contributed by atoms with E-state index in [1.807, 2.05) is 12.1 Å². The molecule has 1 saturated heterocycles. The molecule has 2 rings (SSSR count). The van der Waals surface area contributed by atoms with Crippen LogP contribution in [0.5, 0.6) is 0 Å². The topological polar surface area (TPSA) is 21.3 Å². The summed E-state index contributed by atoms with van der Waals surface area (Å²) in [5, 5.41) is 4.34. The Labute approximate surface area is 129 Å². The van der Waals surface area contributed by atoms with E-state index in [2.05, 4.69) is 34.2 Å². The van der Waals surface area contributed by atoms with Crippen molar-refractivity contribution in [2.45, 2.75) is 44.8 Å². The molecular weight excluding hydrogens is 326 g/mol. The van der Waals surface area contributed by atoms with Crippen LogP contribution in [0.4, 0.5) is 0 Å². The van der Waals surface area contributed by atoms with Crippen molar-refractivity contribution in [3.63, 3.8) is 0 Å². The number of halogens is 2. The van der Waals surface area contributed by atoms with Crippen LogP contribution in [-0.2, 0) is 4.74 Å². The Morgan fingerprint density at radius 1 is 1.53 bits per heavy atom. The van der Waals surface area contributed by atoms with Gasteiger partial charge in [-0.15, -0.1) is 0 Å². The van der Waals surface area contributed by atoms with Crippen LogP contribution >= 0.6 is 27.5 Å². The van der Waals surface area contributed by atoms with Crippen LogP contribution in [0.3, 0.4) is 0 Å². The molecule has 1 aliphatic rings. The molecule has 106 valence electrons. The Morgan fingerprint density at radius 3 is 3.05 bits per heavy atom. The Hall–Kier alpha value is -0.0900. The quantitative estimate of drug-likeness (QED) is 0.805. The first-order valence-corrected chi connectivity index (χ1v) is 8.17. The van der Waals surface area contributed by atoms with Crippen LogP contribution < -0.4 is 5.32 Å². The lowest BCUT2D eigenvalue weighted by molar-refractivity contribution is 0.0996. The zero-order valence-corrected chi connectivity index (χ0v) is 13.6. The van der Waals surface area contributed by atoms with Gasteiger partial charge < -0.3 is 10.1 Å². The smallest absolute Gasteiger partial charge is 0.0576 e. The van der Waals surface area contributed by atoms with E-state index in [1.165, 1.54) is 18.4 Å². The Morgan fingerprint density at radius 2 is 2.37 bits per heavy atom. The highest BCUT2D eigenvalue weighted by molar-refractivity contribution is 9.10. The molecule has 1 fully saturated rings. The molecule has 0 amide bonds. The molecule has 2 nitrogen and oxygen atoms in total. The van der Waals surface area contributed by atoms with Gasteiger partial charge in [0.1, 0.15) is 0 Å². The average molecular weight is 347 g/mol. The van der Waals surface area contributed by atoms with E-state index in [0.29, 0.717) is 12.1 Å². The second-order valence-corrected chi connectivity index (χ2v) is 6.28. The second-order valence-electron chi connectivity index (χ2n) is 4.99. The van der Waals surface area contributed by atoms with E-state index < -0.39 is 0 Å². The summed E-state index contributed by atoms with van der Waals surface area (Å²) >= 11 is 9.74. The molecule has 0 aliphatic carbocycles. The molecule has 0 bridgehead atoms. The van der Waals surface area contributed by atoms with Crippen LogP contribution in [0.15, 0.2) is 22.7 Å². The van der Waals surface area contributed by atoms with E-state index >= 15 is 0 Å². The molecule has 0 radical (unpaired) electrons. The monoisotopic (exact) mass is 345 g/mol. The predicted octanol–water partition coefficient (Wildman–Crippen LogP) is 4.71. The Balaban J connectivity index is 2.03. The molecule has 0 spiro atoms. The van der Waals surface area contributed by atoms with Crippen molar-refractivity contribution in [3.05, 3.63) is 33.3 Å². The standard InChI is InChI=1S/C15H21BrClNO/c1-2-18-15(8-6-12-4-3-9-19-12)13-10-11(17)5-7-14(13)16/h5,7,10,12,15,18H,2-4,6,8-9H2,1H3. The number of hydrogen-bond acceptors (Lipinski definition) is 2. The molecule has 1 aromatic carbocycles. The summed E-state index contributed by atoms with van der Waals surface area (Å²) in [5.41, 5.74) is 1.24. The zero-order chi connectivity index (χ0) is 13.7. The zero-order valence-electron chi connectivity index (χ0n) is 11.3. The van der Waals surface area contributed by atoms with Gasteiger partial charge in [-0.2, -0.15) is 0 Å². The summed E-state index contributed by atoms with van der Waals surface area (Å²) in [6.45, 7) is 4.02. The van der Waals surface area contributed by atoms with Gasteiger partial charge in [-0.1, -0.05) is 34.5 Å². The molecule has 1 N–H and O–H groups in total. The maximum Gasteiger partial charge on any atom is 0.0576 e. The maximum absolute atomic E-state index is 6.12. The SMILES string of the molecule is CCNC(CCC1CCCO1)c1cc(Cl)ccc1Br. The summed E-state index contributed by atoms with van der Waals surface area (Å²) in [6, 6.07) is 6.32. The largest absolute Gasteiger partial charge is 0.378 e. The average Bonchev–Trinajstić information content (AvgIpc) is 2.91. The van der Waals surface area contributed by atoms with Crippen molar-refractivity contribution in [2.24, 2.45) is 0 Å². The third kappa shape index (κ3) is 4.45. The van der Waals surface area contributed by atoms with Gasteiger partial charge in [0, 0.05) is 22.1 Å². The van der Waals surface area contributed by atoms with E-state index in [9.17, 15) is 0 Å². The molecule has 1 aliphatic heterocycles.